The Labute approximate surface area is 317 Å². The number of unbranched alkanes of at least 4 members (excludes halogenated alkanes) is 23. The number of carbonyl (C=O) groups excluding carboxylic acids is 3. The Hall–Kier alpha value is -1.59. The fraction of sp³-hybridized carbons (Fsp3) is 0.933. The predicted molar refractivity (Wildman–Crippen MR) is 215 cm³/mol. The van der Waals surface area contributed by atoms with Crippen LogP contribution in [0.4, 0.5) is 0 Å². The van der Waals surface area contributed by atoms with E-state index >= 15 is 0 Å². The van der Waals surface area contributed by atoms with Crippen LogP contribution in [0.15, 0.2) is 0 Å². The van der Waals surface area contributed by atoms with E-state index in [9.17, 15) is 14.4 Å². The summed E-state index contributed by atoms with van der Waals surface area (Å²) in [6.45, 7) is 11.3. The number of hydrogen-bond acceptors (Lipinski definition) is 6. The van der Waals surface area contributed by atoms with Gasteiger partial charge in [0.1, 0.15) is 13.2 Å². The van der Waals surface area contributed by atoms with Gasteiger partial charge < -0.3 is 14.2 Å². The van der Waals surface area contributed by atoms with Crippen LogP contribution in [0.25, 0.3) is 0 Å². The summed E-state index contributed by atoms with van der Waals surface area (Å²) in [5, 5.41) is 0. The second kappa shape index (κ2) is 38.1. The molecule has 1 unspecified atom stereocenters. The summed E-state index contributed by atoms with van der Waals surface area (Å²) < 4.78 is 16.7. The van der Waals surface area contributed by atoms with Crippen molar-refractivity contribution in [3.05, 3.63) is 0 Å². The van der Waals surface area contributed by atoms with E-state index in [1.165, 1.54) is 128 Å². The van der Waals surface area contributed by atoms with E-state index in [1.807, 2.05) is 0 Å². The molecule has 51 heavy (non-hydrogen) atoms. The minimum Gasteiger partial charge on any atom is -0.462 e. The minimum absolute atomic E-state index is 0.0659. The predicted octanol–water partition coefficient (Wildman–Crippen LogP) is 13.8. The van der Waals surface area contributed by atoms with Crippen LogP contribution in [0.5, 0.6) is 0 Å². The molecule has 6 heteroatoms. The van der Waals surface area contributed by atoms with E-state index in [1.54, 1.807) is 0 Å². The van der Waals surface area contributed by atoms with Gasteiger partial charge in [0.05, 0.1) is 0 Å². The zero-order chi connectivity index (χ0) is 37.6. The van der Waals surface area contributed by atoms with Gasteiger partial charge in [-0.25, -0.2) is 0 Å². The molecule has 0 aromatic rings. The normalized spacial score (nSPS) is 12.6. The van der Waals surface area contributed by atoms with Crippen LogP contribution in [0.1, 0.15) is 240 Å². The molecule has 0 saturated carbocycles. The first-order chi connectivity index (χ1) is 24.8. The largest absolute Gasteiger partial charge is 0.462 e. The number of hydrogen-bond donors (Lipinski definition) is 0. The zero-order valence-electron chi connectivity index (χ0n) is 34.7. The van der Waals surface area contributed by atoms with Crippen LogP contribution in [0, 0.1) is 11.8 Å². The van der Waals surface area contributed by atoms with Gasteiger partial charge in [0.2, 0.25) is 0 Å². The molecular weight excluding hydrogens is 636 g/mol. The number of rotatable bonds is 39. The van der Waals surface area contributed by atoms with Gasteiger partial charge in [0.15, 0.2) is 6.10 Å². The molecule has 0 spiro atoms. The highest BCUT2D eigenvalue weighted by molar-refractivity contribution is 5.71. The highest BCUT2D eigenvalue weighted by Gasteiger charge is 2.19. The summed E-state index contributed by atoms with van der Waals surface area (Å²) in [5.41, 5.74) is 0. The lowest BCUT2D eigenvalue weighted by Gasteiger charge is -2.18. The lowest BCUT2D eigenvalue weighted by atomic mass is 9.99. The lowest BCUT2D eigenvalue weighted by Crippen LogP contribution is -2.30. The zero-order valence-corrected chi connectivity index (χ0v) is 34.7. The quantitative estimate of drug-likeness (QED) is 0.0357. The van der Waals surface area contributed by atoms with Crippen LogP contribution in [-0.2, 0) is 28.6 Å². The first kappa shape index (κ1) is 49.4. The van der Waals surface area contributed by atoms with Gasteiger partial charge in [0, 0.05) is 19.3 Å². The number of ether oxygens (including phenoxy) is 3. The van der Waals surface area contributed by atoms with Crippen molar-refractivity contribution in [2.24, 2.45) is 11.8 Å². The van der Waals surface area contributed by atoms with Gasteiger partial charge in [-0.05, 0) is 31.1 Å². The molecule has 0 aromatic carbocycles. The first-order valence-electron chi connectivity index (χ1n) is 22.3. The molecule has 6 nitrogen and oxygen atoms in total. The van der Waals surface area contributed by atoms with Crippen molar-refractivity contribution in [2.45, 2.75) is 246 Å². The monoisotopic (exact) mass is 723 g/mol. The molecule has 0 aromatic heterocycles. The topological polar surface area (TPSA) is 78.9 Å². The van der Waals surface area contributed by atoms with E-state index in [4.69, 9.17) is 14.2 Å². The average Bonchev–Trinajstić information content (AvgIpc) is 3.11. The Morgan fingerprint density at radius 1 is 0.412 bits per heavy atom. The van der Waals surface area contributed by atoms with Gasteiger partial charge in [-0.2, -0.15) is 0 Å². The van der Waals surface area contributed by atoms with Crippen molar-refractivity contribution in [3.8, 4) is 0 Å². The van der Waals surface area contributed by atoms with Crippen LogP contribution in [0.3, 0.4) is 0 Å². The molecule has 0 heterocycles. The number of esters is 3. The smallest absolute Gasteiger partial charge is 0.306 e. The van der Waals surface area contributed by atoms with E-state index in [0.29, 0.717) is 19.3 Å². The molecule has 0 radical (unpaired) electrons. The third kappa shape index (κ3) is 38.0. The fourth-order valence-corrected chi connectivity index (χ4v) is 6.54. The number of carbonyl (C=O) groups is 3. The molecule has 0 saturated heterocycles. The van der Waals surface area contributed by atoms with Crippen LogP contribution in [0.2, 0.25) is 0 Å². The van der Waals surface area contributed by atoms with Crippen molar-refractivity contribution in [1.82, 2.24) is 0 Å². The van der Waals surface area contributed by atoms with Crippen molar-refractivity contribution < 1.29 is 28.6 Å². The Morgan fingerprint density at radius 3 is 1.12 bits per heavy atom. The molecule has 0 amide bonds. The lowest BCUT2D eigenvalue weighted by molar-refractivity contribution is -0.167. The van der Waals surface area contributed by atoms with Crippen LogP contribution < -0.4 is 0 Å². The van der Waals surface area contributed by atoms with Crippen LogP contribution >= 0.6 is 0 Å². The Kier molecular flexibility index (Phi) is 37.0. The van der Waals surface area contributed by atoms with E-state index < -0.39 is 6.10 Å². The molecule has 2 atom stereocenters. The molecule has 0 aliphatic carbocycles. The third-order valence-corrected chi connectivity index (χ3v) is 10.3. The summed E-state index contributed by atoms with van der Waals surface area (Å²) >= 11 is 0. The second-order valence-electron chi connectivity index (χ2n) is 16.1. The van der Waals surface area contributed by atoms with E-state index in [2.05, 4.69) is 34.6 Å². The van der Waals surface area contributed by atoms with Crippen molar-refractivity contribution in [1.29, 1.82) is 0 Å². The van der Waals surface area contributed by atoms with Gasteiger partial charge in [-0.1, -0.05) is 202 Å². The molecule has 0 aliphatic rings. The van der Waals surface area contributed by atoms with Gasteiger partial charge in [-0.15, -0.1) is 0 Å². The average molecular weight is 723 g/mol. The molecule has 0 N–H and O–H groups in total. The van der Waals surface area contributed by atoms with Gasteiger partial charge in [-0.3, -0.25) is 14.4 Å². The fourth-order valence-electron chi connectivity index (χ4n) is 6.54. The maximum absolute atomic E-state index is 12.7. The van der Waals surface area contributed by atoms with Crippen molar-refractivity contribution >= 4 is 17.9 Å². The molecule has 0 fully saturated rings. The Morgan fingerprint density at radius 2 is 0.745 bits per heavy atom. The van der Waals surface area contributed by atoms with Crippen molar-refractivity contribution in [3.63, 3.8) is 0 Å². The summed E-state index contributed by atoms with van der Waals surface area (Å²) in [6.07, 6.45) is 35.2. The molecule has 0 aliphatic heterocycles. The molecular formula is C45H86O6. The molecule has 0 rings (SSSR count). The minimum atomic E-state index is -0.760. The SMILES string of the molecule is CCCCCCCCCCCC(=O)OC[C@@H](COC(=O)CCCCCCCCCCCCC(C)CC)OC(=O)CCCCCCCCCC(C)C. The summed E-state index contributed by atoms with van der Waals surface area (Å²) in [6, 6.07) is 0. The highest BCUT2D eigenvalue weighted by Crippen LogP contribution is 2.17. The molecule has 302 valence electrons. The first-order valence-corrected chi connectivity index (χ1v) is 22.3. The third-order valence-electron chi connectivity index (χ3n) is 10.3. The summed E-state index contributed by atoms with van der Waals surface area (Å²) in [5.74, 6) is 0.783. The van der Waals surface area contributed by atoms with Crippen molar-refractivity contribution in [2.75, 3.05) is 13.2 Å². The van der Waals surface area contributed by atoms with Gasteiger partial charge >= 0.3 is 17.9 Å². The van der Waals surface area contributed by atoms with E-state index in [-0.39, 0.29) is 31.1 Å². The molecule has 0 bridgehead atoms. The second-order valence-corrected chi connectivity index (χ2v) is 16.1. The van der Waals surface area contributed by atoms with Gasteiger partial charge in [0.25, 0.3) is 0 Å². The highest BCUT2D eigenvalue weighted by atomic mass is 16.6. The summed E-state index contributed by atoms with van der Waals surface area (Å²) in [7, 11) is 0. The van der Waals surface area contributed by atoms with E-state index in [0.717, 1.165) is 69.6 Å². The summed E-state index contributed by atoms with van der Waals surface area (Å²) in [4.78, 5) is 37.6. The maximum Gasteiger partial charge on any atom is 0.306 e. The standard InChI is InChI=1S/C45H86O6/c1-6-8-9-10-11-14-20-25-30-35-43(46)49-38-42(51-45(48)37-32-27-22-17-18-23-28-33-40(3)4)39-50-44(47)36-31-26-21-16-13-12-15-19-24-29-34-41(5)7-2/h40-42H,6-39H2,1-5H3/t41?,42-/m0/s1. The Balaban J connectivity index is 4.31. The maximum atomic E-state index is 12.7. The van der Waals surface area contributed by atoms with Crippen LogP contribution in [-0.4, -0.2) is 37.2 Å². The Bertz CT molecular complexity index is 781.